The smallest absolute Gasteiger partial charge is 0.122 e. The molecule has 0 aliphatic carbocycles. The molecule has 1 unspecified atom stereocenters. The molecule has 1 atom stereocenters. The number of thioether (sulfide) groups is 1. The Bertz CT molecular complexity index is 389. The van der Waals surface area contributed by atoms with E-state index in [0.29, 0.717) is 10.7 Å². The van der Waals surface area contributed by atoms with Gasteiger partial charge in [-0.05, 0) is 30.7 Å². The molecule has 1 aromatic heterocycles. The van der Waals surface area contributed by atoms with Crippen molar-refractivity contribution in [3.63, 3.8) is 0 Å². The Balaban J connectivity index is 1.89. The Morgan fingerprint density at radius 1 is 1.59 bits per heavy atom. The maximum absolute atomic E-state index is 5.56. The van der Waals surface area contributed by atoms with Gasteiger partial charge in [0.15, 0.2) is 0 Å². The third-order valence-corrected chi connectivity index (χ3v) is 4.43. The largest absolute Gasteiger partial charge is 0.388 e. The fourth-order valence-corrected chi connectivity index (χ4v) is 3.23. The highest BCUT2D eigenvalue weighted by atomic mass is 32.2. The number of rotatable bonds is 4. The van der Waals surface area contributed by atoms with Gasteiger partial charge in [-0.3, -0.25) is 4.98 Å². The zero-order chi connectivity index (χ0) is 12.1. The van der Waals surface area contributed by atoms with Crippen molar-refractivity contribution < 1.29 is 0 Å². The maximum Gasteiger partial charge on any atom is 0.122 e. The predicted molar refractivity (Wildman–Crippen MR) is 78.7 cm³/mol. The SMILES string of the molecule is NC(=S)c1cc(NCC2CCCCS2)ccn1. The summed E-state index contributed by atoms with van der Waals surface area (Å²) < 4.78 is 0. The van der Waals surface area contributed by atoms with Crippen LogP contribution in [-0.2, 0) is 0 Å². The molecule has 2 heterocycles. The Hall–Kier alpha value is -0.810. The van der Waals surface area contributed by atoms with Crippen molar-refractivity contribution in [2.45, 2.75) is 24.5 Å². The van der Waals surface area contributed by atoms with Gasteiger partial charge < -0.3 is 11.1 Å². The molecule has 92 valence electrons. The zero-order valence-electron chi connectivity index (χ0n) is 9.69. The number of pyridine rings is 1. The molecule has 3 nitrogen and oxygen atoms in total. The molecule has 0 spiro atoms. The zero-order valence-corrected chi connectivity index (χ0v) is 11.3. The minimum Gasteiger partial charge on any atom is -0.388 e. The third kappa shape index (κ3) is 3.85. The second-order valence-corrected chi connectivity index (χ2v) is 6.01. The molecule has 1 saturated heterocycles. The fraction of sp³-hybridized carbons (Fsp3) is 0.500. The van der Waals surface area contributed by atoms with Crippen molar-refractivity contribution in [3.8, 4) is 0 Å². The van der Waals surface area contributed by atoms with Crippen LogP contribution >= 0.6 is 24.0 Å². The lowest BCUT2D eigenvalue weighted by molar-refractivity contribution is 0.677. The van der Waals surface area contributed by atoms with E-state index in [9.17, 15) is 0 Å². The van der Waals surface area contributed by atoms with Crippen molar-refractivity contribution in [2.24, 2.45) is 5.73 Å². The molecule has 1 aromatic rings. The van der Waals surface area contributed by atoms with Gasteiger partial charge in [0.25, 0.3) is 0 Å². The van der Waals surface area contributed by atoms with Crippen LogP contribution in [0.1, 0.15) is 25.0 Å². The van der Waals surface area contributed by atoms with Gasteiger partial charge in [-0.2, -0.15) is 11.8 Å². The maximum atomic E-state index is 5.56. The number of aromatic nitrogens is 1. The second-order valence-electron chi connectivity index (χ2n) is 4.16. The monoisotopic (exact) mass is 267 g/mol. The fourth-order valence-electron chi connectivity index (χ4n) is 1.88. The summed E-state index contributed by atoms with van der Waals surface area (Å²) in [4.78, 5) is 4.47. The van der Waals surface area contributed by atoms with E-state index in [1.54, 1.807) is 6.20 Å². The van der Waals surface area contributed by atoms with Gasteiger partial charge in [-0.1, -0.05) is 18.6 Å². The highest BCUT2D eigenvalue weighted by molar-refractivity contribution is 7.99. The van der Waals surface area contributed by atoms with Crippen LogP contribution in [0.4, 0.5) is 5.69 Å². The summed E-state index contributed by atoms with van der Waals surface area (Å²) in [5.74, 6) is 1.29. The van der Waals surface area contributed by atoms with E-state index in [1.165, 1.54) is 25.0 Å². The van der Waals surface area contributed by atoms with Crippen LogP contribution in [0.3, 0.4) is 0 Å². The molecular formula is C12H17N3S2. The van der Waals surface area contributed by atoms with Gasteiger partial charge in [0.05, 0.1) is 5.69 Å². The lowest BCUT2D eigenvalue weighted by Gasteiger charge is -2.22. The van der Waals surface area contributed by atoms with Crippen molar-refractivity contribution in [1.29, 1.82) is 0 Å². The quantitative estimate of drug-likeness (QED) is 0.821. The first kappa shape index (κ1) is 12.6. The van der Waals surface area contributed by atoms with Crippen molar-refractivity contribution in [3.05, 3.63) is 24.0 Å². The van der Waals surface area contributed by atoms with Crippen molar-refractivity contribution >= 4 is 34.7 Å². The van der Waals surface area contributed by atoms with Gasteiger partial charge in [0.2, 0.25) is 0 Å². The highest BCUT2D eigenvalue weighted by Gasteiger charge is 2.13. The molecule has 0 saturated carbocycles. The summed E-state index contributed by atoms with van der Waals surface area (Å²) in [5.41, 5.74) is 7.29. The summed E-state index contributed by atoms with van der Waals surface area (Å²) in [6.07, 6.45) is 5.77. The highest BCUT2D eigenvalue weighted by Crippen LogP contribution is 2.25. The van der Waals surface area contributed by atoms with E-state index < -0.39 is 0 Å². The van der Waals surface area contributed by atoms with Crippen LogP contribution in [0.25, 0.3) is 0 Å². The Labute approximate surface area is 112 Å². The number of thiocarbonyl (C=S) groups is 1. The van der Waals surface area contributed by atoms with Gasteiger partial charge in [-0.15, -0.1) is 0 Å². The minimum atomic E-state index is 0.348. The van der Waals surface area contributed by atoms with E-state index in [4.69, 9.17) is 18.0 Å². The number of hydrogen-bond donors (Lipinski definition) is 2. The first-order chi connectivity index (χ1) is 8.25. The van der Waals surface area contributed by atoms with Crippen LogP contribution in [0, 0.1) is 0 Å². The first-order valence-corrected chi connectivity index (χ1v) is 7.33. The average molecular weight is 267 g/mol. The topological polar surface area (TPSA) is 50.9 Å². The van der Waals surface area contributed by atoms with Crippen LogP contribution in [-0.4, -0.2) is 27.5 Å². The molecule has 0 aromatic carbocycles. The van der Waals surface area contributed by atoms with Crippen LogP contribution in [0.5, 0.6) is 0 Å². The normalized spacial score (nSPS) is 19.9. The standard InChI is InChI=1S/C12H17N3S2/c13-12(16)11-7-9(4-5-14-11)15-8-10-3-1-2-6-17-10/h4-5,7,10H,1-3,6,8H2,(H2,13,16)(H,14,15). The summed E-state index contributed by atoms with van der Waals surface area (Å²) >= 11 is 6.98. The second kappa shape index (κ2) is 6.21. The predicted octanol–water partition coefficient (Wildman–Crippen LogP) is 2.41. The summed E-state index contributed by atoms with van der Waals surface area (Å²) in [6, 6.07) is 3.87. The minimum absolute atomic E-state index is 0.348. The van der Waals surface area contributed by atoms with Crippen LogP contribution in [0.15, 0.2) is 18.3 Å². The van der Waals surface area contributed by atoms with E-state index in [-0.39, 0.29) is 0 Å². The van der Waals surface area contributed by atoms with E-state index in [2.05, 4.69) is 22.1 Å². The van der Waals surface area contributed by atoms with Crippen LogP contribution in [0.2, 0.25) is 0 Å². The van der Waals surface area contributed by atoms with Gasteiger partial charge >= 0.3 is 0 Å². The molecule has 3 N–H and O–H groups in total. The van der Waals surface area contributed by atoms with Crippen molar-refractivity contribution in [2.75, 3.05) is 17.6 Å². The number of nitrogens with one attached hydrogen (secondary N) is 1. The first-order valence-electron chi connectivity index (χ1n) is 5.87. The molecule has 0 amide bonds. The molecule has 0 radical (unpaired) electrons. The van der Waals surface area contributed by atoms with Crippen molar-refractivity contribution in [1.82, 2.24) is 4.98 Å². The van der Waals surface area contributed by atoms with Gasteiger partial charge in [-0.25, -0.2) is 0 Å². The third-order valence-electron chi connectivity index (χ3n) is 2.82. The van der Waals surface area contributed by atoms with E-state index in [0.717, 1.165) is 17.5 Å². The molecule has 1 aliphatic rings. The average Bonchev–Trinajstić information content (AvgIpc) is 2.38. The summed E-state index contributed by atoms with van der Waals surface area (Å²) in [5, 5.41) is 4.16. The van der Waals surface area contributed by atoms with E-state index >= 15 is 0 Å². The molecule has 5 heteroatoms. The summed E-state index contributed by atoms with van der Waals surface area (Å²) in [6.45, 7) is 1.01. The molecule has 1 fully saturated rings. The number of nitrogens with zero attached hydrogens (tertiary/aromatic N) is 1. The Morgan fingerprint density at radius 3 is 3.18 bits per heavy atom. The van der Waals surface area contributed by atoms with Crippen LogP contribution < -0.4 is 11.1 Å². The molecule has 0 bridgehead atoms. The van der Waals surface area contributed by atoms with E-state index in [1.807, 2.05) is 12.1 Å². The molecule has 17 heavy (non-hydrogen) atoms. The van der Waals surface area contributed by atoms with Gasteiger partial charge in [0, 0.05) is 23.7 Å². The Morgan fingerprint density at radius 2 is 2.47 bits per heavy atom. The molecule has 2 rings (SSSR count). The number of nitrogens with two attached hydrogens (primary N) is 1. The Kier molecular flexibility index (Phi) is 4.62. The lowest BCUT2D eigenvalue weighted by atomic mass is 10.2. The summed E-state index contributed by atoms with van der Waals surface area (Å²) in [7, 11) is 0. The lowest BCUT2D eigenvalue weighted by Crippen LogP contribution is -2.20. The number of hydrogen-bond acceptors (Lipinski definition) is 4. The molecular weight excluding hydrogens is 250 g/mol. The van der Waals surface area contributed by atoms with Gasteiger partial charge in [0.1, 0.15) is 4.99 Å². The number of anilines is 1. The molecule has 1 aliphatic heterocycles.